The van der Waals surface area contributed by atoms with E-state index >= 15 is 0 Å². The average molecular weight is 466 g/mol. The van der Waals surface area contributed by atoms with E-state index in [0.29, 0.717) is 30.9 Å². The molecule has 1 amide bonds. The lowest BCUT2D eigenvalue weighted by molar-refractivity contribution is -0.121. The predicted molar refractivity (Wildman–Crippen MR) is 130 cm³/mol. The summed E-state index contributed by atoms with van der Waals surface area (Å²) in [5, 5.41) is 5.07. The highest BCUT2D eigenvalue weighted by atomic mass is 32.1. The Balaban J connectivity index is 1.31. The molecule has 2 aromatic carbocycles. The number of aromatic nitrogens is 2. The van der Waals surface area contributed by atoms with Gasteiger partial charge in [-0.3, -0.25) is 9.20 Å². The first-order chi connectivity index (χ1) is 16.1. The monoisotopic (exact) mass is 465 g/mol. The van der Waals surface area contributed by atoms with Crippen LogP contribution >= 0.6 is 11.3 Å². The molecule has 4 rings (SSSR count). The number of hydrogen-bond donors (Lipinski definition) is 1. The maximum atomic E-state index is 12.4. The minimum Gasteiger partial charge on any atom is -0.497 e. The van der Waals surface area contributed by atoms with E-state index in [9.17, 15) is 4.79 Å². The van der Waals surface area contributed by atoms with Crippen LogP contribution in [0.2, 0.25) is 0 Å². The predicted octanol–water partition coefficient (Wildman–Crippen LogP) is 4.38. The summed E-state index contributed by atoms with van der Waals surface area (Å²) in [5.74, 6) is 2.24. The van der Waals surface area contributed by atoms with Gasteiger partial charge in [-0.25, -0.2) is 4.98 Å². The highest BCUT2D eigenvalue weighted by Gasteiger charge is 2.12. The molecule has 0 unspecified atom stereocenters. The van der Waals surface area contributed by atoms with Gasteiger partial charge < -0.3 is 19.5 Å². The van der Waals surface area contributed by atoms with Crippen LogP contribution in [0.15, 0.2) is 54.0 Å². The van der Waals surface area contributed by atoms with Crippen molar-refractivity contribution >= 4 is 22.2 Å². The third-order valence-corrected chi connectivity index (χ3v) is 6.35. The molecule has 0 atom stereocenters. The SMILES string of the molecule is COc1ccc(-c2cn3c(CCC(=O)NCCc4ccc(OC)c(OC)c4)csc3n2)cc1. The normalized spacial score (nSPS) is 10.9. The maximum absolute atomic E-state index is 12.4. The molecular weight excluding hydrogens is 438 g/mol. The molecule has 0 saturated heterocycles. The van der Waals surface area contributed by atoms with Gasteiger partial charge in [0.2, 0.25) is 5.91 Å². The third-order valence-electron chi connectivity index (χ3n) is 5.46. The van der Waals surface area contributed by atoms with Crippen LogP contribution in [0.5, 0.6) is 17.2 Å². The van der Waals surface area contributed by atoms with Crippen LogP contribution in [0, 0.1) is 0 Å². The van der Waals surface area contributed by atoms with Crippen LogP contribution < -0.4 is 19.5 Å². The van der Waals surface area contributed by atoms with E-state index in [1.807, 2.05) is 48.7 Å². The molecule has 2 heterocycles. The van der Waals surface area contributed by atoms with E-state index in [1.165, 1.54) is 0 Å². The van der Waals surface area contributed by atoms with Crippen molar-refractivity contribution in [3.8, 4) is 28.5 Å². The lowest BCUT2D eigenvalue weighted by atomic mass is 10.1. The molecule has 0 saturated carbocycles. The number of nitrogens with one attached hydrogen (secondary N) is 1. The minimum atomic E-state index is 0.0327. The highest BCUT2D eigenvalue weighted by molar-refractivity contribution is 7.15. The summed E-state index contributed by atoms with van der Waals surface area (Å²) in [6.07, 6.45) is 3.83. The zero-order valence-electron chi connectivity index (χ0n) is 19.0. The third kappa shape index (κ3) is 5.28. The molecule has 172 valence electrons. The molecule has 33 heavy (non-hydrogen) atoms. The molecule has 0 bridgehead atoms. The molecule has 0 aliphatic heterocycles. The number of hydrogen-bond acceptors (Lipinski definition) is 6. The van der Waals surface area contributed by atoms with Crippen LogP contribution in [-0.2, 0) is 17.6 Å². The van der Waals surface area contributed by atoms with Gasteiger partial charge in [0.1, 0.15) is 5.75 Å². The maximum Gasteiger partial charge on any atom is 0.220 e. The zero-order valence-corrected chi connectivity index (χ0v) is 19.8. The zero-order chi connectivity index (χ0) is 23.2. The molecule has 2 aromatic heterocycles. The molecule has 0 spiro atoms. The summed E-state index contributed by atoms with van der Waals surface area (Å²) in [6.45, 7) is 0.570. The van der Waals surface area contributed by atoms with Gasteiger partial charge in [-0.15, -0.1) is 11.3 Å². The van der Waals surface area contributed by atoms with Gasteiger partial charge in [-0.2, -0.15) is 0 Å². The highest BCUT2D eigenvalue weighted by Crippen LogP contribution is 2.28. The number of imidazole rings is 1. The van der Waals surface area contributed by atoms with Gasteiger partial charge in [0.05, 0.1) is 27.0 Å². The smallest absolute Gasteiger partial charge is 0.220 e. The van der Waals surface area contributed by atoms with Crippen LogP contribution in [-0.4, -0.2) is 43.2 Å². The van der Waals surface area contributed by atoms with Gasteiger partial charge in [0.15, 0.2) is 16.5 Å². The summed E-state index contributed by atoms with van der Waals surface area (Å²) >= 11 is 1.58. The van der Waals surface area contributed by atoms with Crippen molar-refractivity contribution in [1.29, 1.82) is 0 Å². The number of fused-ring (bicyclic) bond motifs is 1. The standard InChI is InChI=1S/C25H27N3O4S/c1-30-20-8-5-18(6-9-20)21-15-28-19(16-33-25(28)27-21)7-11-24(29)26-13-12-17-4-10-22(31-2)23(14-17)32-3/h4-6,8-10,14-16H,7,11-13H2,1-3H3,(H,26,29). The fourth-order valence-corrected chi connectivity index (χ4v) is 4.53. The number of thiazole rings is 1. The number of carbonyl (C=O) groups is 1. The summed E-state index contributed by atoms with van der Waals surface area (Å²) in [6, 6.07) is 13.6. The first kappa shape index (κ1) is 22.7. The second-order valence-corrected chi connectivity index (χ2v) is 8.36. The topological polar surface area (TPSA) is 74.1 Å². The Bertz CT molecular complexity index is 1230. The molecule has 0 aliphatic carbocycles. The Kier molecular flexibility index (Phi) is 7.14. The molecule has 8 heteroatoms. The largest absolute Gasteiger partial charge is 0.497 e. The molecule has 0 fully saturated rings. The van der Waals surface area contributed by atoms with Crippen LogP contribution in [0.3, 0.4) is 0 Å². The van der Waals surface area contributed by atoms with Crippen molar-refractivity contribution in [1.82, 2.24) is 14.7 Å². The first-order valence-corrected chi connectivity index (χ1v) is 11.6. The van der Waals surface area contributed by atoms with E-state index in [0.717, 1.165) is 39.6 Å². The quantitative estimate of drug-likeness (QED) is 0.376. The molecular formula is C25H27N3O4S. The molecule has 7 nitrogen and oxygen atoms in total. The van der Waals surface area contributed by atoms with Crippen molar-refractivity contribution in [3.05, 3.63) is 65.3 Å². The number of carbonyl (C=O) groups excluding carboxylic acids is 1. The van der Waals surface area contributed by atoms with E-state index < -0.39 is 0 Å². The number of benzene rings is 2. The van der Waals surface area contributed by atoms with Crippen LogP contribution in [0.4, 0.5) is 0 Å². The summed E-state index contributed by atoms with van der Waals surface area (Å²) in [5.41, 5.74) is 4.10. The summed E-state index contributed by atoms with van der Waals surface area (Å²) < 4.78 is 17.9. The van der Waals surface area contributed by atoms with Gasteiger partial charge in [0.25, 0.3) is 0 Å². The molecule has 4 aromatic rings. The van der Waals surface area contributed by atoms with Crippen molar-refractivity contribution in [2.24, 2.45) is 0 Å². The Morgan fingerprint density at radius 3 is 2.52 bits per heavy atom. The van der Waals surface area contributed by atoms with Gasteiger partial charge in [-0.1, -0.05) is 6.07 Å². The van der Waals surface area contributed by atoms with Gasteiger partial charge >= 0.3 is 0 Å². The molecule has 0 aliphatic rings. The van der Waals surface area contributed by atoms with Gasteiger partial charge in [0, 0.05) is 35.8 Å². The van der Waals surface area contributed by atoms with Gasteiger partial charge in [-0.05, 0) is 54.8 Å². The van der Waals surface area contributed by atoms with Crippen LogP contribution in [0.25, 0.3) is 16.2 Å². The number of rotatable bonds is 10. The lowest BCUT2D eigenvalue weighted by Gasteiger charge is -2.10. The van der Waals surface area contributed by atoms with Crippen LogP contribution in [0.1, 0.15) is 17.7 Å². The van der Waals surface area contributed by atoms with E-state index in [4.69, 9.17) is 19.2 Å². The summed E-state index contributed by atoms with van der Waals surface area (Å²) in [7, 11) is 4.88. The number of amides is 1. The number of aryl methyl sites for hydroxylation is 1. The van der Waals surface area contributed by atoms with Crippen molar-refractivity contribution in [2.45, 2.75) is 19.3 Å². The molecule has 0 radical (unpaired) electrons. The Labute approximate surface area is 196 Å². The average Bonchev–Trinajstić information content (AvgIpc) is 3.44. The van der Waals surface area contributed by atoms with Crippen molar-refractivity contribution in [2.75, 3.05) is 27.9 Å². The fraction of sp³-hybridized carbons (Fsp3) is 0.280. The lowest BCUT2D eigenvalue weighted by Crippen LogP contribution is -2.26. The number of methoxy groups -OCH3 is 3. The Hall–Kier alpha value is -3.52. The minimum absolute atomic E-state index is 0.0327. The Morgan fingerprint density at radius 2 is 1.79 bits per heavy atom. The number of ether oxygens (including phenoxy) is 3. The van der Waals surface area contributed by atoms with Crippen molar-refractivity contribution < 1.29 is 19.0 Å². The summed E-state index contributed by atoms with van der Waals surface area (Å²) in [4.78, 5) is 18.0. The Morgan fingerprint density at radius 1 is 1.00 bits per heavy atom. The fourth-order valence-electron chi connectivity index (χ4n) is 3.62. The van der Waals surface area contributed by atoms with E-state index in [1.54, 1.807) is 32.7 Å². The molecule has 1 N–H and O–H groups in total. The second kappa shape index (κ2) is 10.4. The van der Waals surface area contributed by atoms with Crippen molar-refractivity contribution in [3.63, 3.8) is 0 Å². The number of nitrogens with zero attached hydrogens (tertiary/aromatic N) is 2. The second-order valence-electron chi connectivity index (χ2n) is 7.52. The van der Waals surface area contributed by atoms with E-state index in [-0.39, 0.29) is 5.91 Å². The van der Waals surface area contributed by atoms with E-state index in [2.05, 4.69) is 15.1 Å². The first-order valence-electron chi connectivity index (χ1n) is 10.7.